The predicted molar refractivity (Wildman–Crippen MR) is 155 cm³/mol. The van der Waals surface area contributed by atoms with Gasteiger partial charge in [-0.15, -0.1) is 0 Å². The number of hydrogen-bond donors (Lipinski definition) is 2. The Labute approximate surface area is 255 Å². The van der Waals surface area contributed by atoms with Crippen molar-refractivity contribution in [2.75, 3.05) is 23.9 Å². The highest BCUT2D eigenvalue weighted by Gasteiger charge is 2.33. The molecule has 44 heavy (non-hydrogen) atoms. The van der Waals surface area contributed by atoms with Crippen molar-refractivity contribution in [3.63, 3.8) is 0 Å². The molecule has 4 aromatic rings. The zero-order valence-electron chi connectivity index (χ0n) is 23.7. The van der Waals surface area contributed by atoms with Crippen LogP contribution in [0.15, 0.2) is 36.9 Å². The Kier molecular flexibility index (Phi) is 9.39. The van der Waals surface area contributed by atoms with Crippen molar-refractivity contribution in [1.29, 1.82) is 5.26 Å². The number of hydrogen-bond acceptors (Lipinski definition) is 11. The molecule has 1 aliphatic carbocycles. The van der Waals surface area contributed by atoms with Crippen molar-refractivity contribution in [3.8, 4) is 34.6 Å². The molecule has 228 valence electrons. The molecule has 4 heterocycles. The van der Waals surface area contributed by atoms with Crippen LogP contribution in [0.5, 0.6) is 6.01 Å². The van der Waals surface area contributed by atoms with Crippen molar-refractivity contribution < 1.29 is 23.0 Å². The Hall–Kier alpha value is -4.97. The van der Waals surface area contributed by atoms with Gasteiger partial charge in [-0.25, -0.2) is 38.5 Å². The summed E-state index contributed by atoms with van der Waals surface area (Å²) in [6.45, 7) is 0.749. The van der Waals surface area contributed by atoms with Crippen LogP contribution in [0.3, 0.4) is 0 Å². The number of aromatic nitrogens is 7. The fourth-order valence-corrected chi connectivity index (χ4v) is 5.18. The molecule has 4 aromatic heterocycles. The number of carbonyl (C=O) groups excluding carboxylic acids is 1. The highest BCUT2D eigenvalue weighted by Crippen LogP contribution is 2.32. The molecule has 1 aliphatic rings. The summed E-state index contributed by atoms with van der Waals surface area (Å²) in [5.41, 5.74) is 2.88. The molecule has 5 rings (SSSR count). The van der Waals surface area contributed by atoms with Crippen LogP contribution < -0.4 is 15.0 Å². The highest BCUT2D eigenvalue weighted by atomic mass is 35.5. The van der Waals surface area contributed by atoms with E-state index in [0.29, 0.717) is 59.3 Å². The number of methoxy groups -OCH3 is 1. The van der Waals surface area contributed by atoms with E-state index in [4.69, 9.17) is 21.1 Å². The normalized spacial score (nSPS) is 16.3. The number of ether oxygens (including phenoxy) is 2. The van der Waals surface area contributed by atoms with Crippen LogP contribution in [-0.4, -0.2) is 73.4 Å². The first-order chi connectivity index (χ1) is 21.3. The Morgan fingerprint density at radius 3 is 2.52 bits per heavy atom. The van der Waals surface area contributed by atoms with Crippen LogP contribution in [0.25, 0.3) is 22.5 Å². The van der Waals surface area contributed by atoms with Crippen molar-refractivity contribution in [3.05, 3.63) is 53.2 Å². The highest BCUT2D eigenvalue weighted by molar-refractivity contribution is 6.32. The molecule has 0 aromatic carbocycles. The Bertz CT molecular complexity index is 1660. The van der Waals surface area contributed by atoms with Gasteiger partial charge in [-0.05, 0) is 44.7 Å². The minimum absolute atomic E-state index is 0.0623. The molecular weight excluding hydrogens is 598 g/mol. The fraction of sp³-hybridized carbons (Fsp3) is 0.357. The third-order valence-electron chi connectivity index (χ3n) is 7.09. The number of carbonyl (C=O) groups is 1. The molecule has 13 nitrogen and oxygen atoms in total. The van der Waals surface area contributed by atoms with E-state index in [9.17, 15) is 18.8 Å². The molecule has 0 atom stereocenters. The van der Waals surface area contributed by atoms with Gasteiger partial charge in [-0.2, -0.15) is 10.4 Å². The molecule has 0 radical (unpaired) electrons. The second-order valence-corrected chi connectivity index (χ2v) is 10.3. The number of pyridine rings is 1. The topological polar surface area (TPSA) is 168 Å². The number of aryl methyl sites for hydroxylation is 1. The molecule has 1 amide bonds. The molecule has 0 spiro atoms. The van der Waals surface area contributed by atoms with Gasteiger partial charge < -0.3 is 14.8 Å². The van der Waals surface area contributed by atoms with Crippen LogP contribution in [-0.2, 0) is 4.74 Å². The summed E-state index contributed by atoms with van der Waals surface area (Å²) in [7, 11) is 1.47. The van der Waals surface area contributed by atoms with E-state index in [2.05, 4.69) is 40.4 Å². The first-order valence-electron chi connectivity index (χ1n) is 13.6. The zero-order chi connectivity index (χ0) is 31.2. The monoisotopic (exact) mass is 624 g/mol. The molecule has 1 fully saturated rings. The van der Waals surface area contributed by atoms with Crippen molar-refractivity contribution in [1.82, 2.24) is 35.1 Å². The lowest BCUT2D eigenvalue weighted by Crippen LogP contribution is -2.45. The number of amides is 1. The summed E-state index contributed by atoms with van der Waals surface area (Å²) in [5.74, 6) is 0.581. The van der Waals surface area contributed by atoms with Crippen molar-refractivity contribution in [2.45, 2.75) is 51.1 Å². The number of nitrogens with one attached hydrogen (secondary N) is 2. The number of aromatic amines is 1. The van der Waals surface area contributed by atoms with Crippen LogP contribution in [0.2, 0.25) is 5.02 Å². The number of H-pyrrole nitrogens is 1. The number of anilines is 2. The Morgan fingerprint density at radius 1 is 1.16 bits per heavy atom. The van der Waals surface area contributed by atoms with E-state index < -0.39 is 19.1 Å². The predicted octanol–water partition coefficient (Wildman–Crippen LogP) is 5.19. The van der Waals surface area contributed by atoms with Crippen LogP contribution >= 0.6 is 11.6 Å². The van der Waals surface area contributed by atoms with Crippen LogP contribution in [0.4, 0.5) is 25.3 Å². The van der Waals surface area contributed by atoms with Crippen molar-refractivity contribution in [2.24, 2.45) is 0 Å². The summed E-state index contributed by atoms with van der Waals surface area (Å²) < 4.78 is 35.8. The SMILES string of the molecule is COc1ncc(-c2ccc(N(C(=O)OCC(F)F)[C@H]3CC[C@H](Nc4ncc(C#N)c(-c5n[nH]cc5Cl)n4)CC3)nc2C)cn1. The van der Waals surface area contributed by atoms with Crippen molar-refractivity contribution >= 4 is 29.5 Å². The number of rotatable bonds is 9. The average molecular weight is 625 g/mol. The number of halogens is 3. The van der Waals surface area contributed by atoms with E-state index in [1.165, 1.54) is 24.4 Å². The lowest BCUT2D eigenvalue weighted by Gasteiger charge is -2.36. The maximum atomic E-state index is 13.1. The minimum atomic E-state index is -2.80. The largest absolute Gasteiger partial charge is 0.467 e. The van der Waals surface area contributed by atoms with Gasteiger partial charge in [0.25, 0.3) is 6.43 Å². The lowest BCUT2D eigenvalue weighted by molar-refractivity contribution is 0.0505. The number of nitriles is 1. The fourth-order valence-electron chi connectivity index (χ4n) is 5.00. The second-order valence-electron chi connectivity index (χ2n) is 9.90. The van der Waals surface area contributed by atoms with E-state index in [1.807, 2.05) is 6.07 Å². The summed E-state index contributed by atoms with van der Waals surface area (Å²) in [6, 6.07) is 5.27. The Balaban J connectivity index is 1.32. The lowest BCUT2D eigenvalue weighted by atomic mass is 9.90. The maximum absolute atomic E-state index is 13.1. The second kappa shape index (κ2) is 13.6. The number of nitrogens with zero attached hydrogens (tertiary/aromatic N) is 8. The van der Waals surface area contributed by atoms with E-state index >= 15 is 0 Å². The van der Waals surface area contributed by atoms with Gasteiger partial charge in [0, 0.05) is 47.5 Å². The van der Waals surface area contributed by atoms with Gasteiger partial charge in [0.05, 0.1) is 23.9 Å². The number of alkyl halides is 2. The molecule has 0 bridgehead atoms. The van der Waals surface area contributed by atoms with Gasteiger partial charge in [0.1, 0.15) is 23.3 Å². The molecule has 1 saturated carbocycles. The molecule has 0 aliphatic heterocycles. The van der Waals surface area contributed by atoms with Crippen LogP contribution in [0, 0.1) is 18.3 Å². The summed E-state index contributed by atoms with van der Waals surface area (Å²) in [4.78, 5) is 36.1. The smallest absolute Gasteiger partial charge is 0.415 e. The third kappa shape index (κ3) is 6.81. The summed E-state index contributed by atoms with van der Waals surface area (Å²) in [6.07, 6.45) is 4.63. The average Bonchev–Trinajstić information content (AvgIpc) is 3.46. The van der Waals surface area contributed by atoms with Crippen LogP contribution in [0.1, 0.15) is 36.9 Å². The molecule has 2 N–H and O–H groups in total. The molecule has 0 unspecified atom stereocenters. The van der Waals surface area contributed by atoms with E-state index in [-0.39, 0.29) is 29.5 Å². The maximum Gasteiger partial charge on any atom is 0.415 e. The summed E-state index contributed by atoms with van der Waals surface area (Å²) >= 11 is 6.19. The van der Waals surface area contributed by atoms with Gasteiger partial charge in [-0.3, -0.25) is 10.00 Å². The third-order valence-corrected chi connectivity index (χ3v) is 7.38. The quantitative estimate of drug-likeness (QED) is 0.251. The van der Waals surface area contributed by atoms with Gasteiger partial charge in [0.15, 0.2) is 6.61 Å². The van der Waals surface area contributed by atoms with E-state index in [0.717, 1.165) is 5.56 Å². The first-order valence-corrected chi connectivity index (χ1v) is 14.0. The summed E-state index contributed by atoms with van der Waals surface area (Å²) in [5, 5.41) is 19.8. The zero-order valence-corrected chi connectivity index (χ0v) is 24.4. The Morgan fingerprint density at radius 2 is 1.91 bits per heavy atom. The van der Waals surface area contributed by atoms with Gasteiger partial charge in [0.2, 0.25) is 5.95 Å². The van der Waals surface area contributed by atoms with E-state index in [1.54, 1.807) is 31.5 Å². The minimum Gasteiger partial charge on any atom is -0.467 e. The molecule has 0 saturated heterocycles. The molecular formula is C28H27ClF2N10O3. The molecule has 16 heteroatoms. The first kappa shape index (κ1) is 30.5. The standard InChI is InChI=1S/C28H27ClF2N10O3/c1-15-20(17-11-34-27(43-2)35-12-17)7-8-23(37-15)41(28(42)44-14-22(30)31)19-5-3-18(4-6-19)38-26-33-10-16(9-32)24(39-26)25-21(29)13-36-40-25/h7-8,10-13,18-19,22H,3-6,14H2,1-2H3,(H,36,40)(H,33,38,39)/t18-,19-. The van der Waals surface area contributed by atoms with Gasteiger partial charge >= 0.3 is 12.1 Å². The van der Waals surface area contributed by atoms with Gasteiger partial charge in [-0.1, -0.05) is 11.6 Å².